The van der Waals surface area contributed by atoms with Crippen LogP contribution >= 0.6 is 11.8 Å². The maximum atomic E-state index is 12.6. The molecule has 4 nitrogen and oxygen atoms in total. The van der Waals surface area contributed by atoms with Crippen molar-refractivity contribution in [2.75, 3.05) is 6.26 Å². The fourth-order valence-corrected chi connectivity index (χ4v) is 2.69. The molecule has 0 saturated carbocycles. The summed E-state index contributed by atoms with van der Waals surface area (Å²) in [6, 6.07) is 9.35. The molecule has 0 saturated heterocycles. The molecule has 1 aromatic carbocycles. The summed E-state index contributed by atoms with van der Waals surface area (Å²) >= 11 is 1.44. The maximum Gasteiger partial charge on any atom is 0.387 e. The van der Waals surface area contributed by atoms with E-state index in [2.05, 4.69) is 15.0 Å². The Hall–Kier alpha value is -2.15. The van der Waals surface area contributed by atoms with Gasteiger partial charge in [0, 0.05) is 17.3 Å². The maximum absolute atomic E-state index is 12.6. The van der Waals surface area contributed by atoms with Gasteiger partial charge in [-0.1, -0.05) is 25.1 Å². The molecule has 0 fully saturated rings. The van der Waals surface area contributed by atoms with Crippen LogP contribution in [0.15, 0.2) is 47.6 Å². The predicted octanol–water partition coefficient (Wildman–Crippen LogP) is 4.29. The number of hydrogen-bond donors (Lipinski definition) is 1. The number of nitrogens with zero attached hydrogens (tertiary/aromatic N) is 1. The molecule has 2 aromatic rings. The highest BCUT2D eigenvalue weighted by atomic mass is 32.2. The number of alkyl halides is 2. The van der Waals surface area contributed by atoms with Gasteiger partial charge in [-0.2, -0.15) is 8.78 Å². The zero-order chi connectivity index (χ0) is 17.5. The molecule has 0 bridgehead atoms. The van der Waals surface area contributed by atoms with Crippen LogP contribution in [0.2, 0.25) is 0 Å². The SMILES string of the molecule is CCC(NC(=O)c1ccnc(SC)c1)c1ccccc1OC(F)F. The second-order valence-electron chi connectivity index (χ2n) is 4.94. The van der Waals surface area contributed by atoms with Crippen molar-refractivity contribution >= 4 is 17.7 Å². The topological polar surface area (TPSA) is 51.2 Å². The van der Waals surface area contributed by atoms with Gasteiger partial charge < -0.3 is 10.1 Å². The monoisotopic (exact) mass is 352 g/mol. The molecule has 0 aliphatic carbocycles. The summed E-state index contributed by atoms with van der Waals surface area (Å²) in [5.74, 6) is -0.217. The van der Waals surface area contributed by atoms with E-state index in [1.807, 2.05) is 13.2 Å². The third-order valence-electron chi connectivity index (χ3n) is 3.43. The molecule has 1 aromatic heterocycles. The molecular weight excluding hydrogens is 334 g/mol. The molecule has 7 heteroatoms. The van der Waals surface area contributed by atoms with E-state index >= 15 is 0 Å². The number of halogens is 2. The summed E-state index contributed by atoms with van der Waals surface area (Å²) in [6.45, 7) is -1.05. The standard InChI is InChI=1S/C17H18F2N2O2S/c1-3-13(12-6-4-5-7-14(12)23-17(18)19)21-16(22)11-8-9-20-15(10-11)24-2/h4-10,13,17H,3H2,1-2H3,(H,21,22). The van der Waals surface area contributed by atoms with Crippen LogP contribution in [0.3, 0.4) is 0 Å². The molecule has 1 unspecified atom stereocenters. The lowest BCUT2D eigenvalue weighted by molar-refractivity contribution is -0.0506. The summed E-state index contributed by atoms with van der Waals surface area (Å²) in [5.41, 5.74) is 0.993. The highest BCUT2D eigenvalue weighted by Crippen LogP contribution is 2.28. The molecular formula is C17H18F2N2O2S. The van der Waals surface area contributed by atoms with Crippen molar-refractivity contribution in [1.29, 1.82) is 0 Å². The first-order valence-corrected chi connectivity index (χ1v) is 8.62. The minimum absolute atomic E-state index is 0.0687. The van der Waals surface area contributed by atoms with E-state index in [0.29, 0.717) is 17.5 Å². The van der Waals surface area contributed by atoms with E-state index in [0.717, 1.165) is 5.03 Å². The van der Waals surface area contributed by atoms with Crippen molar-refractivity contribution in [3.63, 3.8) is 0 Å². The van der Waals surface area contributed by atoms with Crippen LogP contribution in [0.25, 0.3) is 0 Å². The number of thioether (sulfide) groups is 1. The summed E-state index contributed by atoms with van der Waals surface area (Å²) in [4.78, 5) is 16.6. The number of ether oxygens (including phenoxy) is 1. The van der Waals surface area contributed by atoms with Gasteiger partial charge in [-0.25, -0.2) is 4.98 Å². The number of carbonyl (C=O) groups excluding carboxylic acids is 1. The third-order valence-corrected chi connectivity index (χ3v) is 4.07. The van der Waals surface area contributed by atoms with Gasteiger partial charge in [-0.05, 0) is 30.9 Å². The summed E-state index contributed by atoms with van der Waals surface area (Å²) < 4.78 is 29.7. The van der Waals surface area contributed by atoms with E-state index < -0.39 is 12.7 Å². The van der Waals surface area contributed by atoms with Crippen LogP contribution in [-0.2, 0) is 0 Å². The number of pyridine rings is 1. The molecule has 0 radical (unpaired) electrons. The Balaban J connectivity index is 2.21. The molecule has 24 heavy (non-hydrogen) atoms. The van der Waals surface area contributed by atoms with Gasteiger partial charge in [-0.15, -0.1) is 11.8 Å². The molecule has 1 N–H and O–H groups in total. The van der Waals surface area contributed by atoms with Crippen molar-refractivity contribution < 1.29 is 18.3 Å². The highest BCUT2D eigenvalue weighted by Gasteiger charge is 2.19. The van der Waals surface area contributed by atoms with Crippen molar-refractivity contribution in [3.05, 3.63) is 53.7 Å². The van der Waals surface area contributed by atoms with Crippen LogP contribution in [-0.4, -0.2) is 23.8 Å². The Morgan fingerprint density at radius 1 is 1.33 bits per heavy atom. The second-order valence-corrected chi connectivity index (χ2v) is 5.76. The molecule has 1 heterocycles. The molecule has 1 amide bonds. The first-order chi connectivity index (χ1) is 11.5. The minimum Gasteiger partial charge on any atom is -0.434 e. The van der Waals surface area contributed by atoms with Crippen molar-refractivity contribution in [3.8, 4) is 5.75 Å². The Bertz CT molecular complexity index is 698. The number of benzene rings is 1. The lowest BCUT2D eigenvalue weighted by Gasteiger charge is -2.20. The number of aromatic nitrogens is 1. The zero-order valence-electron chi connectivity index (χ0n) is 13.3. The number of hydrogen-bond acceptors (Lipinski definition) is 4. The molecule has 0 spiro atoms. The van der Waals surface area contributed by atoms with E-state index in [4.69, 9.17) is 0 Å². The van der Waals surface area contributed by atoms with Crippen LogP contribution in [0.4, 0.5) is 8.78 Å². The number of amides is 1. The highest BCUT2D eigenvalue weighted by molar-refractivity contribution is 7.98. The van der Waals surface area contributed by atoms with Crippen molar-refractivity contribution in [2.45, 2.75) is 31.0 Å². The van der Waals surface area contributed by atoms with Gasteiger partial charge in [0.15, 0.2) is 0 Å². The first kappa shape index (κ1) is 18.2. The van der Waals surface area contributed by atoms with Gasteiger partial charge in [0.2, 0.25) is 0 Å². The van der Waals surface area contributed by atoms with Crippen LogP contribution in [0.1, 0.15) is 35.3 Å². The Morgan fingerprint density at radius 3 is 2.75 bits per heavy atom. The van der Waals surface area contributed by atoms with Gasteiger partial charge in [0.05, 0.1) is 11.1 Å². The molecule has 0 aliphatic rings. The number of rotatable bonds is 7. The number of para-hydroxylation sites is 1. The lowest BCUT2D eigenvalue weighted by atomic mass is 10.0. The molecule has 0 aliphatic heterocycles. The van der Waals surface area contributed by atoms with Gasteiger partial charge >= 0.3 is 6.61 Å². The van der Waals surface area contributed by atoms with Gasteiger partial charge in [0.25, 0.3) is 5.91 Å². The average molecular weight is 352 g/mol. The predicted molar refractivity (Wildman–Crippen MR) is 89.6 cm³/mol. The smallest absolute Gasteiger partial charge is 0.387 e. The van der Waals surface area contributed by atoms with Gasteiger partial charge in [0.1, 0.15) is 5.75 Å². The Morgan fingerprint density at radius 2 is 2.08 bits per heavy atom. The van der Waals surface area contributed by atoms with Crippen LogP contribution < -0.4 is 10.1 Å². The summed E-state index contributed by atoms with van der Waals surface area (Å²) in [5, 5.41) is 3.60. The summed E-state index contributed by atoms with van der Waals surface area (Å²) in [6.07, 6.45) is 3.97. The first-order valence-electron chi connectivity index (χ1n) is 7.39. The number of carbonyl (C=O) groups is 1. The van der Waals surface area contributed by atoms with Crippen LogP contribution in [0, 0.1) is 0 Å². The Labute approximate surface area is 143 Å². The van der Waals surface area contributed by atoms with E-state index in [1.54, 1.807) is 36.5 Å². The minimum atomic E-state index is -2.91. The molecule has 1 atom stereocenters. The van der Waals surface area contributed by atoms with Crippen molar-refractivity contribution in [1.82, 2.24) is 10.3 Å². The van der Waals surface area contributed by atoms with E-state index in [1.165, 1.54) is 17.8 Å². The van der Waals surface area contributed by atoms with E-state index in [-0.39, 0.29) is 11.7 Å². The zero-order valence-corrected chi connectivity index (χ0v) is 14.1. The fraction of sp³-hybridized carbons (Fsp3) is 0.294. The third kappa shape index (κ3) is 4.67. The summed E-state index contributed by atoms with van der Waals surface area (Å²) in [7, 11) is 0. The van der Waals surface area contributed by atoms with E-state index in [9.17, 15) is 13.6 Å². The van der Waals surface area contributed by atoms with Gasteiger partial charge in [-0.3, -0.25) is 4.79 Å². The Kier molecular flexibility index (Phi) is 6.54. The normalized spacial score (nSPS) is 12.0. The van der Waals surface area contributed by atoms with Crippen LogP contribution in [0.5, 0.6) is 5.75 Å². The van der Waals surface area contributed by atoms with Crippen molar-refractivity contribution in [2.24, 2.45) is 0 Å². The fourth-order valence-electron chi connectivity index (χ4n) is 2.28. The quantitative estimate of drug-likeness (QED) is 0.756. The average Bonchev–Trinajstić information content (AvgIpc) is 2.59. The second kappa shape index (κ2) is 8.63. The lowest BCUT2D eigenvalue weighted by Crippen LogP contribution is -2.28. The largest absolute Gasteiger partial charge is 0.434 e. The number of nitrogens with one attached hydrogen (secondary N) is 1. The molecule has 128 valence electrons. The molecule has 2 rings (SSSR count).